The lowest BCUT2D eigenvalue weighted by atomic mass is 10.1. The second-order valence-electron chi connectivity index (χ2n) is 5.77. The molecule has 1 aliphatic carbocycles. The van der Waals surface area contributed by atoms with E-state index in [4.69, 9.17) is 5.26 Å². The number of fused-ring (bicyclic) bond motifs is 1. The molecule has 0 saturated heterocycles. The van der Waals surface area contributed by atoms with Crippen LogP contribution in [0.3, 0.4) is 0 Å². The third kappa shape index (κ3) is 4.04. The van der Waals surface area contributed by atoms with Crippen molar-refractivity contribution in [2.45, 2.75) is 18.9 Å². The highest BCUT2D eigenvalue weighted by atomic mass is 19.1. The van der Waals surface area contributed by atoms with Gasteiger partial charge in [-0.05, 0) is 48.2 Å². The van der Waals surface area contributed by atoms with Crippen LogP contribution >= 0.6 is 0 Å². The first-order chi connectivity index (χ1) is 12.2. The lowest BCUT2D eigenvalue weighted by molar-refractivity contribution is 0.237. The number of nitrogens with one attached hydrogen (secondary N) is 3. The summed E-state index contributed by atoms with van der Waals surface area (Å²) in [6.07, 6.45) is 3.20. The molecule has 1 aromatic heterocycles. The van der Waals surface area contributed by atoms with Crippen molar-refractivity contribution in [3.8, 4) is 6.07 Å². The van der Waals surface area contributed by atoms with E-state index in [1.54, 1.807) is 24.4 Å². The second-order valence-corrected chi connectivity index (χ2v) is 5.77. The van der Waals surface area contributed by atoms with Gasteiger partial charge in [0.25, 0.3) is 0 Å². The maximum Gasteiger partial charge on any atom is 0.315 e. The number of carbonyl (C=O) groups is 1. The summed E-state index contributed by atoms with van der Waals surface area (Å²) in [4.78, 5) is 16.1. The Hall–Kier alpha value is -3.14. The zero-order valence-electron chi connectivity index (χ0n) is 13.6. The van der Waals surface area contributed by atoms with Crippen LogP contribution in [0.2, 0.25) is 0 Å². The summed E-state index contributed by atoms with van der Waals surface area (Å²) in [6, 6.07) is 9.65. The first-order valence-electron chi connectivity index (χ1n) is 8.09. The lowest BCUT2D eigenvalue weighted by Crippen LogP contribution is -2.39. The van der Waals surface area contributed by atoms with E-state index >= 15 is 0 Å². The number of rotatable bonds is 5. The van der Waals surface area contributed by atoms with E-state index in [-0.39, 0.29) is 17.9 Å². The average Bonchev–Trinajstić information content (AvgIpc) is 3.01. The number of benzene rings is 1. The molecule has 128 valence electrons. The van der Waals surface area contributed by atoms with Gasteiger partial charge in [-0.3, -0.25) is 0 Å². The van der Waals surface area contributed by atoms with E-state index in [9.17, 15) is 9.18 Å². The SMILES string of the molecule is N#Cc1cccnc1NCCNC(=O)N[C@@H]1CCc2ccc(F)cc21. The van der Waals surface area contributed by atoms with E-state index in [2.05, 4.69) is 27.0 Å². The maximum absolute atomic E-state index is 13.4. The van der Waals surface area contributed by atoms with Crippen molar-refractivity contribution >= 4 is 11.8 Å². The molecule has 0 spiro atoms. The van der Waals surface area contributed by atoms with Gasteiger partial charge in [0.15, 0.2) is 0 Å². The van der Waals surface area contributed by atoms with Gasteiger partial charge in [-0.1, -0.05) is 6.07 Å². The van der Waals surface area contributed by atoms with Crippen LogP contribution in [0.25, 0.3) is 0 Å². The van der Waals surface area contributed by atoms with Crippen molar-refractivity contribution < 1.29 is 9.18 Å². The molecule has 0 radical (unpaired) electrons. The van der Waals surface area contributed by atoms with E-state index in [0.29, 0.717) is 24.5 Å². The molecule has 1 aromatic carbocycles. The molecule has 1 aliphatic rings. The van der Waals surface area contributed by atoms with Crippen molar-refractivity contribution in [1.82, 2.24) is 15.6 Å². The van der Waals surface area contributed by atoms with Crippen molar-refractivity contribution in [1.29, 1.82) is 5.26 Å². The maximum atomic E-state index is 13.4. The number of pyridine rings is 1. The van der Waals surface area contributed by atoms with Crippen molar-refractivity contribution in [3.05, 3.63) is 59.0 Å². The Labute approximate surface area is 145 Å². The summed E-state index contributed by atoms with van der Waals surface area (Å²) in [5.74, 6) is 0.202. The molecule has 7 heteroatoms. The third-order valence-electron chi connectivity index (χ3n) is 4.12. The Morgan fingerprint density at radius 2 is 2.24 bits per heavy atom. The Morgan fingerprint density at radius 3 is 3.08 bits per heavy atom. The molecule has 2 amide bonds. The topological polar surface area (TPSA) is 89.8 Å². The van der Waals surface area contributed by atoms with Gasteiger partial charge in [-0.25, -0.2) is 14.2 Å². The van der Waals surface area contributed by atoms with E-state index in [1.165, 1.54) is 12.1 Å². The fourth-order valence-corrected chi connectivity index (χ4v) is 2.93. The van der Waals surface area contributed by atoms with Gasteiger partial charge >= 0.3 is 6.03 Å². The van der Waals surface area contributed by atoms with Crippen LogP contribution in [0, 0.1) is 17.1 Å². The number of anilines is 1. The molecule has 0 aliphatic heterocycles. The normalized spacial score (nSPS) is 15.1. The lowest BCUT2D eigenvalue weighted by Gasteiger charge is -2.15. The van der Waals surface area contributed by atoms with E-state index in [0.717, 1.165) is 24.0 Å². The Balaban J connectivity index is 1.45. The smallest absolute Gasteiger partial charge is 0.315 e. The monoisotopic (exact) mass is 339 g/mol. The van der Waals surface area contributed by atoms with Gasteiger partial charge < -0.3 is 16.0 Å². The fourth-order valence-electron chi connectivity index (χ4n) is 2.93. The van der Waals surface area contributed by atoms with Gasteiger partial charge in [-0.2, -0.15) is 5.26 Å². The molecule has 2 aromatic rings. The summed E-state index contributed by atoms with van der Waals surface area (Å²) >= 11 is 0. The molecule has 0 fully saturated rings. The van der Waals surface area contributed by atoms with Crippen LogP contribution < -0.4 is 16.0 Å². The molecule has 1 atom stereocenters. The predicted molar refractivity (Wildman–Crippen MR) is 91.4 cm³/mol. The minimum absolute atomic E-state index is 0.167. The van der Waals surface area contributed by atoms with Crippen molar-refractivity contribution in [2.75, 3.05) is 18.4 Å². The summed E-state index contributed by atoms with van der Waals surface area (Å²) in [6.45, 7) is 0.811. The Morgan fingerprint density at radius 1 is 1.36 bits per heavy atom. The molecule has 1 heterocycles. The van der Waals surface area contributed by atoms with Gasteiger partial charge in [0, 0.05) is 19.3 Å². The summed E-state index contributed by atoms with van der Waals surface area (Å²) in [7, 11) is 0. The molecule has 6 nitrogen and oxygen atoms in total. The van der Waals surface area contributed by atoms with Crippen LogP contribution in [0.5, 0.6) is 0 Å². The first kappa shape index (κ1) is 16.7. The number of aryl methyl sites for hydroxylation is 1. The fraction of sp³-hybridized carbons (Fsp3) is 0.278. The minimum atomic E-state index is -0.301. The summed E-state index contributed by atoms with van der Waals surface area (Å²) in [5.41, 5.74) is 2.38. The van der Waals surface area contributed by atoms with Crippen LogP contribution in [0.1, 0.15) is 29.2 Å². The van der Waals surface area contributed by atoms with E-state index in [1.807, 2.05) is 0 Å². The standard InChI is InChI=1S/C18H18FN5O/c19-14-5-3-12-4-6-16(15(12)10-14)24-18(25)23-9-8-22-17-13(11-20)2-1-7-21-17/h1-3,5,7,10,16H,4,6,8-9H2,(H,21,22)(H2,23,24,25)/t16-/m1/s1. The van der Waals surface area contributed by atoms with E-state index < -0.39 is 0 Å². The van der Waals surface area contributed by atoms with Crippen molar-refractivity contribution in [2.24, 2.45) is 0 Å². The van der Waals surface area contributed by atoms with Gasteiger partial charge in [0.2, 0.25) is 0 Å². The molecule has 3 rings (SSSR count). The zero-order valence-corrected chi connectivity index (χ0v) is 13.6. The average molecular weight is 339 g/mol. The number of halogens is 1. The number of nitrogens with zero attached hydrogens (tertiary/aromatic N) is 2. The number of hydrogen-bond acceptors (Lipinski definition) is 4. The molecule has 0 bridgehead atoms. The number of carbonyl (C=O) groups excluding carboxylic acids is 1. The number of aromatic nitrogens is 1. The first-order valence-corrected chi connectivity index (χ1v) is 8.09. The van der Waals surface area contributed by atoms with Gasteiger partial charge in [-0.15, -0.1) is 0 Å². The van der Waals surface area contributed by atoms with Crippen LogP contribution in [0.15, 0.2) is 36.5 Å². The van der Waals surface area contributed by atoms with Crippen LogP contribution in [-0.4, -0.2) is 24.1 Å². The van der Waals surface area contributed by atoms with Gasteiger partial charge in [0.05, 0.1) is 11.6 Å². The third-order valence-corrected chi connectivity index (χ3v) is 4.12. The number of hydrogen-bond donors (Lipinski definition) is 3. The molecular weight excluding hydrogens is 321 g/mol. The van der Waals surface area contributed by atoms with Crippen molar-refractivity contribution in [3.63, 3.8) is 0 Å². The second kappa shape index (κ2) is 7.62. The zero-order chi connectivity index (χ0) is 17.6. The molecule has 0 saturated carbocycles. The largest absolute Gasteiger partial charge is 0.367 e. The Kier molecular flexibility index (Phi) is 5.09. The molecule has 3 N–H and O–H groups in total. The number of urea groups is 1. The summed E-state index contributed by atoms with van der Waals surface area (Å²) in [5, 5.41) is 17.6. The highest BCUT2D eigenvalue weighted by Crippen LogP contribution is 2.31. The molecular formula is C18H18FN5O. The molecule has 25 heavy (non-hydrogen) atoms. The highest BCUT2D eigenvalue weighted by molar-refractivity contribution is 5.74. The minimum Gasteiger partial charge on any atom is -0.367 e. The summed E-state index contributed by atoms with van der Waals surface area (Å²) < 4.78 is 13.4. The van der Waals surface area contributed by atoms with Crippen LogP contribution in [-0.2, 0) is 6.42 Å². The molecule has 0 unspecified atom stereocenters. The number of nitriles is 1. The Bertz CT molecular complexity index is 817. The van der Waals surface area contributed by atoms with Gasteiger partial charge in [0.1, 0.15) is 17.7 Å². The predicted octanol–water partition coefficient (Wildman–Crippen LogP) is 2.49. The number of amides is 2. The highest BCUT2D eigenvalue weighted by Gasteiger charge is 2.24. The quantitative estimate of drug-likeness (QED) is 0.730. The van der Waals surface area contributed by atoms with Crippen LogP contribution in [0.4, 0.5) is 15.0 Å².